The minimum Gasteiger partial charge on any atom is -0.389 e. The van der Waals surface area contributed by atoms with Crippen LogP contribution in [0.2, 0.25) is 5.15 Å². The molecule has 1 aromatic carbocycles. The Kier molecular flexibility index (Phi) is 5.62. The number of rotatable bonds is 6. The quantitative estimate of drug-likeness (QED) is 0.855. The fraction of sp³-hybridized carbons (Fsp3) is 0.471. The van der Waals surface area contributed by atoms with Crippen LogP contribution in [0.5, 0.6) is 0 Å². The van der Waals surface area contributed by atoms with Gasteiger partial charge in [0.15, 0.2) is 0 Å². The first-order chi connectivity index (χ1) is 10.4. The van der Waals surface area contributed by atoms with Crippen LogP contribution < -0.4 is 5.32 Å². The van der Waals surface area contributed by atoms with Crippen molar-refractivity contribution in [3.63, 3.8) is 0 Å². The minimum absolute atomic E-state index is 0.348. The minimum atomic E-state index is -0.426. The highest BCUT2D eigenvalue weighted by Crippen LogP contribution is 2.25. The van der Waals surface area contributed by atoms with Gasteiger partial charge in [-0.3, -0.25) is 4.68 Å². The van der Waals surface area contributed by atoms with Crippen LogP contribution in [0.25, 0.3) is 0 Å². The first kappa shape index (κ1) is 17.0. The van der Waals surface area contributed by atoms with Crippen LogP contribution >= 0.6 is 11.6 Å². The number of halogens is 1. The number of aliphatic hydroxyl groups is 1. The van der Waals surface area contributed by atoms with Crippen LogP contribution in [-0.4, -0.2) is 14.9 Å². The molecule has 0 amide bonds. The normalized spacial score (nSPS) is 12.9. The van der Waals surface area contributed by atoms with E-state index in [0.29, 0.717) is 17.6 Å². The number of aliphatic hydroxyl groups excluding tert-OH is 1. The predicted octanol–water partition coefficient (Wildman–Crippen LogP) is 3.54. The van der Waals surface area contributed by atoms with Crippen molar-refractivity contribution in [1.82, 2.24) is 15.1 Å². The SMILES string of the molecule is CC(C)c1nn(C)c(Cl)c1CNCc1ccc([C@H](C)O)cc1. The van der Waals surface area contributed by atoms with Crippen LogP contribution in [-0.2, 0) is 20.1 Å². The highest BCUT2D eigenvalue weighted by atomic mass is 35.5. The Bertz CT molecular complexity index is 618. The molecule has 5 heteroatoms. The average Bonchev–Trinajstić information content (AvgIpc) is 2.76. The maximum absolute atomic E-state index is 9.52. The highest BCUT2D eigenvalue weighted by Gasteiger charge is 2.16. The Hall–Kier alpha value is -1.36. The van der Waals surface area contributed by atoms with Gasteiger partial charge in [-0.2, -0.15) is 5.10 Å². The summed E-state index contributed by atoms with van der Waals surface area (Å²) in [7, 11) is 1.87. The van der Waals surface area contributed by atoms with E-state index in [1.54, 1.807) is 11.6 Å². The van der Waals surface area contributed by atoms with Crippen molar-refractivity contribution in [2.24, 2.45) is 7.05 Å². The smallest absolute Gasteiger partial charge is 0.131 e. The molecule has 4 nitrogen and oxygen atoms in total. The Morgan fingerprint density at radius 1 is 1.18 bits per heavy atom. The molecule has 1 atom stereocenters. The van der Waals surface area contributed by atoms with Gasteiger partial charge >= 0.3 is 0 Å². The van der Waals surface area contributed by atoms with E-state index in [1.807, 2.05) is 31.3 Å². The molecule has 120 valence electrons. The van der Waals surface area contributed by atoms with Crippen LogP contribution in [0.4, 0.5) is 0 Å². The summed E-state index contributed by atoms with van der Waals surface area (Å²) < 4.78 is 1.73. The van der Waals surface area contributed by atoms with Crippen molar-refractivity contribution >= 4 is 11.6 Å². The molecule has 0 saturated carbocycles. The Morgan fingerprint density at radius 3 is 2.36 bits per heavy atom. The molecule has 0 radical (unpaired) electrons. The van der Waals surface area contributed by atoms with Gasteiger partial charge in [-0.1, -0.05) is 49.7 Å². The number of nitrogens with zero attached hydrogens (tertiary/aromatic N) is 2. The van der Waals surface area contributed by atoms with Gasteiger partial charge in [0.1, 0.15) is 5.15 Å². The lowest BCUT2D eigenvalue weighted by Gasteiger charge is -2.09. The van der Waals surface area contributed by atoms with Gasteiger partial charge in [0.05, 0.1) is 11.8 Å². The van der Waals surface area contributed by atoms with E-state index < -0.39 is 6.10 Å². The second-order valence-electron chi connectivity index (χ2n) is 5.95. The van der Waals surface area contributed by atoms with Crippen LogP contribution in [0.15, 0.2) is 24.3 Å². The van der Waals surface area contributed by atoms with E-state index in [-0.39, 0.29) is 0 Å². The Morgan fingerprint density at radius 2 is 1.82 bits per heavy atom. The third kappa shape index (κ3) is 3.88. The molecule has 0 spiro atoms. The van der Waals surface area contributed by atoms with Crippen LogP contribution in [0.3, 0.4) is 0 Å². The first-order valence-corrected chi connectivity index (χ1v) is 7.96. The molecule has 2 N–H and O–H groups in total. The van der Waals surface area contributed by atoms with E-state index in [9.17, 15) is 5.11 Å². The summed E-state index contributed by atoms with van der Waals surface area (Å²) in [6.45, 7) is 7.46. The van der Waals surface area contributed by atoms with Crippen molar-refractivity contribution in [2.45, 2.75) is 45.9 Å². The Balaban J connectivity index is 1.99. The zero-order chi connectivity index (χ0) is 16.3. The number of hydrogen-bond donors (Lipinski definition) is 2. The summed E-state index contributed by atoms with van der Waals surface area (Å²) in [5.41, 5.74) is 4.22. The van der Waals surface area contributed by atoms with Gasteiger partial charge in [-0.25, -0.2) is 0 Å². The number of hydrogen-bond acceptors (Lipinski definition) is 3. The van der Waals surface area contributed by atoms with Crippen LogP contribution in [0, 0.1) is 0 Å². The summed E-state index contributed by atoms with van der Waals surface area (Å²) in [6.07, 6.45) is -0.426. The molecule has 0 bridgehead atoms. The fourth-order valence-corrected chi connectivity index (χ4v) is 2.64. The summed E-state index contributed by atoms with van der Waals surface area (Å²) in [4.78, 5) is 0. The monoisotopic (exact) mass is 321 g/mol. The molecule has 0 aliphatic heterocycles. The molecule has 0 aliphatic rings. The number of aromatic nitrogens is 2. The maximum atomic E-state index is 9.52. The van der Waals surface area contributed by atoms with Gasteiger partial charge in [-0.05, 0) is 24.0 Å². The first-order valence-electron chi connectivity index (χ1n) is 7.59. The van der Waals surface area contributed by atoms with Gasteiger partial charge < -0.3 is 10.4 Å². The number of benzene rings is 1. The molecule has 0 unspecified atom stereocenters. The van der Waals surface area contributed by atoms with Crippen molar-refractivity contribution in [1.29, 1.82) is 0 Å². The van der Waals surface area contributed by atoms with E-state index in [2.05, 4.69) is 24.3 Å². The van der Waals surface area contributed by atoms with Gasteiger partial charge in [0.2, 0.25) is 0 Å². The van der Waals surface area contributed by atoms with Gasteiger partial charge in [0.25, 0.3) is 0 Å². The Labute approximate surface area is 137 Å². The molecule has 1 aromatic heterocycles. The lowest BCUT2D eigenvalue weighted by molar-refractivity contribution is 0.199. The second-order valence-corrected chi connectivity index (χ2v) is 6.31. The van der Waals surface area contributed by atoms with E-state index in [4.69, 9.17) is 11.6 Å². The summed E-state index contributed by atoms with van der Waals surface area (Å²) in [6, 6.07) is 7.98. The van der Waals surface area contributed by atoms with Crippen molar-refractivity contribution in [3.05, 3.63) is 51.8 Å². The van der Waals surface area contributed by atoms with Gasteiger partial charge in [-0.15, -0.1) is 0 Å². The van der Waals surface area contributed by atoms with Gasteiger partial charge in [0, 0.05) is 25.7 Å². The number of aryl methyl sites for hydroxylation is 1. The molecule has 1 heterocycles. The van der Waals surface area contributed by atoms with Crippen molar-refractivity contribution in [2.75, 3.05) is 0 Å². The molecule has 0 aliphatic carbocycles. The fourth-order valence-electron chi connectivity index (χ4n) is 2.44. The lowest BCUT2D eigenvalue weighted by atomic mass is 10.1. The predicted molar refractivity (Wildman–Crippen MR) is 89.9 cm³/mol. The molecular formula is C17H24ClN3O. The van der Waals surface area contributed by atoms with E-state index in [0.717, 1.165) is 23.4 Å². The van der Waals surface area contributed by atoms with Crippen molar-refractivity contribution < 1.29 is 5.11 Å². The zero-order valence-electron chi connectivity index (χ0n) is 13.6. The lowest BCUT2D eigenvalue weighted by Crippen LogP contribution is -2.14. The molecule has 0 saturated heterocycles. The molecule has 0 fully saturated rings. The number of nitrogens with one attached hydrogen (secondary N) is 1. The highest BCUT2D eigenvalue weighted by molar-refractivity contribution is 6.30. The van der Waals surface area contributed by atoms with Crippen LogP contribution in [0.1, 0.15) is 55.2 Å². The standard InChI is InChI=1S/C17H24ClN3O/c1-11(2)16-15(17(18)21(4)20-16)10-19-9-13-5-7-14(8-6-13)12(3)22/h5-8,11-12,19,22H,9-10H2,1-4H3/t12-/m0/s1. The summed E-state index contributed by atoms with van der Waals surface area (Å²) in [5, 5.41) is 18.1. The molecule has 2 aromatic rings. The largest absolute Gasteiger partial charge is 0.389 e. The average molecular weight is 322 g/mol. The second kappa shape index (κ2) is 7.27. The third-order valence-corrected chi connectivity index (χ3v) is 4.21. The third-order valence-electron chi connectivity index (χ3n) is 3.74. The van der Waals surface area contributed by atoms with Crippen molar-refractivity contribution in [3.8, 4) is 0 Å². The summed E-state index contributed by atoms with van der Waals surface area (Å²) in [5.74, 6) is 0.348. The maximum Gasteiger partial charge on any atom is 0.131 e. The topological polar surface area (TPSA) is 50.1 Å². The summed E-state index contributed by atoms with van der Waals surface area (Å²) >= 11 is 6.33. The van der Waals surface area contributed by atoms with E-state index in [1.165, 1.54) is 5.56 Å². The van der Waals surface area contributed by atoms with E-state index >= 15 is 0 Å². The molecule has 22 heavy (non-hydrogen) atoms. The molecular weight excluding hydrogens is 298 g/mol. The molecule has 2 rings (SSSR count). The zero-order valence-corrected chi connectivity index (χ0v) is 14.4.